The number of nitrogens with one attached hydrogen (secondary N) is 1. The Labute approximate surface area is 129 Å². The number of thiophene rings is 1. The first-order valence-corrected chi connectivity index (χ1v) is 7.70. The number of hydrogen-bond acceptors (Lipinski definition) is 3. The van der Waals surface area contributed by atoms with Gasteiger partial charge in [0.1, 0.15) is 5.75 Å². The molecule has 110 valence electrons. The molecule has 2 aromatic rings. The minimum absolute atomic E-state index is 0.0219. The first kappa shape index (κ1) is 15.3. The van der Waals surface area contributed by atoms with Gasteiger partial charge in [-0.3, -0.25) is 4.79 Å². The predicted octanol–water partition coefficient (Wildman–Crippen LogP) is 3.52. The minimum Gasteiger partial charge on any atom is -0.497 e. The predicted molar refractivity (Wildman–Crippen MR) is 87.7 cm³/mol. The molecule has 0 spiro atoms. The van der Waals surface area contributed by atoms with Gasteiger partial charge in [0, 0.05) is 17.0 Å². The van der Waals surface area contributed by atoms with Gasteiger partial charge in [0.15, 0.2) is 0 Å². The van der Waals surface area contributed by atoms with Crippen molar-refractivity contribution in [2.45, 2.75) is 13.3 Å². The highest BCUT2D eigenvalue weighted by atomic mass is 32.1. The van der Waals surface area contributed by atoms with E-state index < -0.39 is 0 Å². The summed E-state index contributed by atoms with van der Waals surface area (Å²) in [5.74, 6) is 0.818. The van der Waals surface area contributed by atoms with Crippen LogP contribution in [0.3, 0.4) is 0 Å². The summed E-state index contributed by atoms with van der Waals surface area (Å²) < 4.78 is 5.18. The standard InChI is InChI=1S/C17H19NO2S/c1-13(11-16-7-4-10-21-16)17(19)18-9-8-14-5-3-6-15(12-14)20-2/h3-7,10-12H,8-9H2,1-2H3,(H,18,19)/b13-11+. The van der Waals surface area contributed by atoms with Crippen LogP contribution in [0.1, 0.15) is 17.4 Å². The van der Waals surface area contributed by atoms with Crippen LogP contribution in [0.4, 0.5) is 0 Å². The molecule has 0 radical (unpaired) electrons. The molecule has 2 rings (SSSR count). The fourth-order valence-corrected chi connectivity index (χ4v) is 2.66. The summed E-state index contributed by atoms with van der Waals surface area (Å²) in [6.07, 6.45) is 2.70. The fraction of sp³-hybridized carbons (Fsp3) is 0.235. The van der Waals surface area contributed by atoms with Crippen LogP contribution in [-0.2, 0) is 11.2 Å². The van der Waals surface area contributed by atoms with E-state index >= 15 is 0 Å². The number of hydrogen-bond donors (Lipinski definition) is 1. The molecule has 4 heteroatoms. The molecule has 1 amide bonds. The van der Waals surface area contributed by atoms with Crippen molar-refractivity contribution in [2.75, 3.05) is 13.7 Å². The van der Waals surface area contributed by atoms with E-state index in [0.717, 1.165) is 28.2 Å². The molecule has 3 nitrogen and oxygen atoms in total. The van der Waals surface area contributed by atoms with E-state index in [4.69, 9.17) is 4.74 Å². The van der Waals surface area contributed by atoms with Crippen LogP contribution in [0.5, 0.6) is 5.75 Å². The van der Waals surface area contributed by atoms with Crippen molar-refractivity contribution in [3.63, 3.8) is 0 Å². The van der Waals surface area contributed by atoms with Gasteiger partial charge in [-0.05, 0) is 48.6 Å². The SMILES string of the molecule is COc1cccc(CCNC(=O)/C(C)=C/c2cccs2)c1. The molecule has 0 saturated carbocycles. The Balaban J connectivity index is 1.84. The highest BCUT2D eigenvalue weighted by Crippen LogP contribution is 2.14. The Bertz CT molecular complexity index is 617. The Hall–Kier alpha value is -2.07. The summed E-state index contributed by atoms with van der Waals surface area (Å²) in [6.45, 7) is 2.45. The topological polar surface area (TPSA) is 38.3 Å². The third-order valence-electron chi connectivity index (χ3n) is 3.09. The van der Waals surface area contributed by atoms with Crippen molar-refractivity contribution in [3.8, 4) is 5.75 Å². The fourth-order valence-electron chi connectivity index (χ4n) is 1.94. The highest BCUT2D eigenvalue weighted by Gasteiger charge is 2.04. The summed E-state index contributed by atoms with van der Waals surface area (Å²) in [4.78, 5) is 13.1. The van der Waals surface area contributed by atoms with Crippen molar-refractivity contribution in [2.24, 2.45) is 0 Å². The van der Waals surface area contributed by atoms with Crippen molar-refractivity contribution in [3.05, 3.63) is 57.8 Å². The maximum Gasteiger partial charge on any atom is 0.246 e. The van der Waals surface area contributed by atoms with Gasteiger partial charge in [0.05, 0.1) is 7.11 Å². The Kier molecular flexibility index (Phi) is 5.58. The Morgan fingerprint density at radius 3 is 2.90 bits per heavy atom. The van der Waals surface area contributed by atoms with Crippen LogP contribution >= 0.6 is 11.3 Å². The third-order valence-corrected chi connectivity index (χ3v) is 3.91. The minimum atomic E-state index is -0.0219. The number of carbonyl (C=O) groups is 1. The second-order valence-electron chi connectivity index (χ2n) is 4.70. The average molecular weight is 301 g/mol. The Morgan fingerprint density at radius 1 is 1.33 bits per heavy atom. The van der Waals surface area contributed by atoms with Gasteiger partial charge in [-0.25, -0.2) is 0 Å². The number of ether oxygens (including phenoxy) is 1. The number of benzene rings is 1. The van der Waals surface area contributed by atoms with E-state index in [1.807, 2.05) is 54.8 Å². The van der Waals surface area contributed by atoms with E-state index in [0.29, 0.717) is 6.54 Å². The van der Waals surface area contributed by atoms with Gasteiger partial charge >= 0.3 is 0 Å². The molecule has 1 heterocycles. The lowest BCUT2D eigenvalue weighted by atomic mass is 10.1. The molecule has 0 atom stereocenters. The van der Waals surface area contributed by atoms with Crippen molar-refractivity contribution in [1.29, 1.82) is 0 Å². The van der Waals surface area contributed by atoms with Crippen LogP contribution < -0.4 is 10.1 Å². The second kappa shape index (κ2) is 7.64. The molecule has 0 fully saturated rings. The molecule has 0 saturated heterocycles. The smallest absolute Gasteiger partial charge is 0.246 e. The maximum absolute atomic E-state index is 12.0. The zero-order chi connectivity index (χ0) is 15.1. The highest BCUT2D eigenvalue weighted by molar-refractivity contribution is 7.10. The van der Waals surface area contributed by atoms with E-state index in [9.17, 15) is 4.79 Å². The molecule has 0 aliphatic heterocycles. The van der Waals surface area contributed by atoms with Gasteiger partial charge < -0.3 is 10.1 Å². The second-order valence-corrected chi connectivity index (χ2v) is 5.68. The molecule has 21 heavy (non-hydrogen) atoms. The van der Waals surface area contributed by atoms with Crippen molar-refractivity contribution >= 4 is 23.3 Å². The summed E-state index contributed by atoms with van der Waals surface area (Å²) in [5.41, 5.74) is 1.87. The van der Waals surface area contributed by atoms with Crippen molar-refractivity contribution in [1.82, 2.24) is 5.32 Å². The number of rotatable bonds is 6. The number of amides is 1. The van der Waals surface area contributed by atoms with Crippen LogP contribution in [0.15, 0.2) is 47.4 Å². The van der Waals surface area contributed by atoms with Crippen LogP contribution in [0.25, 0.3) is 6.08 Å². The summed E-state index contributed by atoms with van der Waals surface area (Å²) in [5, 5.41) is 4.94. The molecule has 0 unspecified atom stereocenters. The first-order chi connectivity index (χ1) is 10.2. The molecular weight excluding hydrogens is 282 g/mol. The van der Waals surface area contributed by atoms with Crippen LogP contribution in [0.2, 0.25) is 0 Å². The van der Waals surface area contributed by atoms with E-state index in [1.165, 1.54) is 0 Å². The lowest BCUT2D eigenvalue weighted by Crippen LogP contribution is -2.26. The quantitative estimate of drug-likeness (QED) is 0.829. The molecule has 0 aliphatic rings. The normalized spacial score (nSPS) is 11.2. The average Bonchev–Trinajstić information content (AvgIpc) is 3.00. The summed E-state index contributed by atoms with van der Waals surface area (Å²) in [6, 6.07) is 11.9. The number of carbonyl (C=O) groups excluding carboxylic acids is 1. The van der Waals surface area contributed by atoms with Crippen molar-refractivity contribution < 1.29 is 9.53 Å². The zero-order valence-electron chi connectivity index (χ0n) is 12.3. The molecule has 1 aromatic heterocycles. The first-order valence-electron chi connectivity index (χ1n) is 6.82. The molecule has 0 bridgehead atoms. The van der Waals surface area contributed by atoms with Gasteiger partial charge in [0.2, 0.25) is 5.91 Å². The van der Waals surface area contributed by atoms with Gasteiger partial charge in [-0.15, -0.1) is 11.3 Å². The van der Waals surface area contributed by atoms with Gasteiger partial charge in [-0.1, -0.05) is 18.2 Å². The number of methoxy groups -OCH3 is 1. The van der Waals surface area contributed by atoms with Gasteiger partial charge in [-0.2, -0.15) is 0 Å². The van der Waals surface area contributed by atoms with Gasteiger partial charge in [0.25, 0.3) is 0 Å². The zero-order valence-corrected chi connectivity index (χ0v) is 13.1. The van der Waals surface area contributed by atoms with Crippen LogP contribution in [0, 0.1) is 0 Å². The molecule has 1 N–H and O–H groups in total. The van der Waals surface area contributed by atoms with E-state index in [1.54, 1.807) is 18.4 Å². The molecule has 0 aliphatic carbocycles. The van der Waals surface area contributed by atoms with E-state index in [2.05, 4.69) is 5.32 Å². The third kappa shape index (κ3) is 4.76. The summed E-state index contributed by atoms with van der Waals surface area (Å²) >= 11 is 1.62. The van der Waals surface area contributed by atoms with Crippen LogP contribution in [-0.4, -0.2) is 19.6 Å². The van der Waals surface area contributed by atoms with E-state index in [-0.39, 0.29) is 5.91 Å². The summed E-state index contributed by atoms with van der Waals surface area (Å²) in [7, 11) is 1.65. The lowest BCUT2D eigenvalue weighted by Gasteiger charge is -2.07. The largest absolute Gasteiger partial charge is 0.497 e. The molecule has 1 aromatic carbocycles. The Morgan fingerprint density at radius 2 is 2.19 bits per heavy atom. The molecular formula is C17H19NO2S. The lowest BCUT2D eigenvalue weighted by molar-refractivity contribution is -0.117. The monoisotopic (exact) mass is 301 g/mol. The maximum atomic E-state index is 12.0.